The number of nitrogen functional groups attached to an aromatic ring is 1. The molecule has 0 spiro atoms. The van der Waals surface area contributed by atoms with Crippen molar-refractivity contribution in [2.45, 2.75) is 0 Å². The number of nitrogens with zero attached hydrogens (tertiary/aromatic N) is 2. The zero-order valence-electron chi connectivity index (χ0n) is 10.3. The van der Waals surface area contributed by atoms with E-state index in [1.165, 1.54) is 3.57 Å². The molecule has 4 nitrogen and oxygen atoms in total. The van der Waals surface area contributed by atoms with Gasteiger partial charge in [-0.3, -0.25) is 4.57 Å². The number of hydrogen-bond donors (Lipinski definition) is 1. The second-order valence-corrected chi connectivity index (χ2v) is 5.38. The Labute approximate surface area is 124 Å². The minimum atomic E-state index is 0.476. The standard InChI is InChI=1S/C14H12IN3O/c1-19-11-6-7-13-12(8-11)17-14(16)18(13)10-4-2-9(15)3-5-10/h2-8H,1H3,(H2,16,17). The maximum atomic E-state index is 6.02. The zero-order chi connectivity index (χ0) is 13.4. The Morgan fingerprint density at radius 3 is 2.58 bits per heavy atom. The number of nitrogens with two attached hydrogens (primary N) is 1. The van der Waals surface area contributed by atoms with Gasteiger partial charge in [-0.05, 0) is 59.0 Å². The second kappa shape index (κ2) is 4.73. The summed E-state index contributed by atoms with van der Waals surface area (Å²) in [5.74, 6) is 1.25. The highest BCUT2D eigenvalue weighted by Crippen LogP contribution is 2.26. The van der Waals surface area contributed by atoms with Gasteiger partial charge in [0, 0.05) is 15.3 Å². The average molecular weight is 365 g/mol. The van der Waals surface area contributed by atoms with Gasteiger partial charge in [0.25, 0.3) is 0 Å². The van der Waals surface area contributed by atoms with Gasteiger partial charge in [-0.2, -0.15) is 0 Å². The van der Waals surface area contributed by atoms with Crippen molar-refractivity contribution in [1.82, 2.24) is 9.55 Å². The summed E-state index contributed by atoms with van der Waals surface area (Å²) in [7, 11) is 1.64. The molecule has 1 heterocycles. The molecular weight excluding hydrogens is 353 g/mol. The molecule has 2 aromatic carbocycles. The molecule has 3 rings (SSSR count). The van der Waals surface area contributed by atoms with Crippen LogP contribution in [-0.2, 0) is 0 Å². The number of methoxy groups -OCH3 is 1. The first kappa shape index (κ1) is 12.3. The maximum Gasteiger partial charge on any atom is 0.205 e. The summed E-state index contributed by atoms with van der Waals surface area (Å²) < 4.78 is 8.32. The quantitative estimate of drug-likeness (QED) is 0.710. The normalized spacial score (nSPS) is 10.8. The van der Waals surface area contributed by atoms with Crippen LogP contribution in [0.5, 0.6) is 5.75 Å². The average Bonchev–Trinajstić information content (AvgIpc) is 2.74. The Morgan fingerprint density at radius 2 is 1.89 bits per heavy atom. The molecule has 0 aliphatic rings. The molecule has 0 amide bonds. The first-order valence-corrected chi connectivity index (χ1v) is 6.85. The lowest BCUT2D eigenvalue weighted by Crippen LogP contribution is -2.00. The molecule has 0 aliphatic heterocycles. The first-order chi connectivity index (χ1) is 9.19. The second-order valence-electron chi connectivity index (χ2n) is 4.14. The number of imidazole rings is 1. The maximum absolute atomic E-state index is 6.02. The highest BCUT2D eigenvalue weighted by molar-refractivity contribution is 14.1. The number of rotatable bonds is 2. The molecule has 0 saturated heterocycles. The summed E-state index contributed by atoms with van der Waals surface area (Å²) in [6, 6.07) is 13.9. The van der Waals surface area contributed by atoms with Crippen LogP contribution in [0.4, 0.5) is 5.95 Å². The smallest absolute Gasteiger partial charge is 0.205 e. The van der Waals surface area contributed by atoms with Crippen molar-refractivity contribution >= 4 is 39.6 Å². The van der Waals surface area contributed by atoms with Gasteiger partial charge in [-0.1, -0.05) is 0 Å². The largest absolute Gasteiger partial charge is 0.497 e. The molecular formula is C14H12IN3O. The molecule has 0 atom stereocenters. The van der Waals surface area contributed by atoms with Crippen LogP contribution in [0, 0.1) is 3.57 Å². The third-order valence-corrected chi connectivity index (χ3v) is 3.69. The number of aromatic nitrogens is 2. The van der Waals surface area contributed by atoms with Gasteiger partial charge in [0.15, 0.2) is 0 Å². The third kappa shape index (κ3) is 2.14. The van der Waals surface area contributed by atoms with E-state index in [0.29, 0.717) is 5.95 Å². The fraction of sp³-hybridized carbons (Fsp3) is 0.0714. The van der Waals surface area contributed by atoms with E-state index in [9.17, 15) is 0 Å². The lowest BCUT2D eigenvalue weighted by atomic mass is 10.2. The van der Waals surface area contributed by atoms with Crippen molar-refractivity contribution in [1.29, 1.82) is 0 Å². The number of anilines is 1. The predicted molar refractivity (Wildman–Crippen MR) is 84.8 cm³/mol. The molecule has 0 aliphatic carbocycles. The van der Waals surface area contributed by atoms with E-state index in [2.05, 4.69) is 27.6 Å². The first-order valence-electron chi connectivity index (χ1n) is 5.77. The molecule has 0 bridgehead atoms. The topological polar surface area (TPSA) is 53.1 Å². The number of fused-ring (bicyclic) bond motifs is 1. The van der Waals surface area contributed by atoms with E-state index in [1.807, 2.05) is 47.0 Å². The van der Waals surface area contributed by atoms with Crippen LogP contribution in [0.3, 0.4) is 0 Å². The molecule has 19 heavy (non-hydrogen) atoms. The zero-order valence-corrected chi connectivity index (χ0v) is 12.5. The minimum Gasteiger partial charge on any atom is -0.497 e. The van der Waals surface area contributed by atoms with Crippen LogP contribution in [0.1, 0.15) is 0 Å². The SMILES string of the molecule is COc1ccc2c(c1)nc(N)n2-c1ccc(I)cc1. The van der Waals surface area contributed by atoms with Crippen LogP contribution in [0.2, 0.25) is 0 Å². The molecule has 96 valence electrons. The summed E-state index contributed by atoms with van der Waals surface area (Å²) >= 11 is 2.28. The van der Waals surface area contributed by atoms with Crippen LogP contribution < -0.4 is 10.5 Å². The highest BCUT2D eigenvalue weighted by Gasteiger charge is 2.10. The fourth-order valence-corrected chi connectivity index (χ4v) is 2.43. The van der Waals surface area contributed by atoms with Crippen LogP contribution in [0.15, 0.2) is 42.5 Å². The Balaban J connectivity index is 2.23. The summed E-state index contributed by atoms with van der Waals surface area (Å²) in [5, 5.41) is 0. The number of halogens is 1. The van der Waals surface area contributed by atoms with Gasteiger partial charge in [0.2, 0.25) is 5.95 Å². The molecule has 0 radical (unpaired) electrons. The Kier molecular flexibility index (Phi) is 3.06. The summed E-state index contributed by atoms with van der Waals surface area (Å²) in [4.78, 5) is 4.38. The molecule has 5 heteroatoms. The molecule has 0 fully saturated rings. The Morgan fingerprint density at radius 1 is 1.16 bits per heavy atom. The van der Waals surface area contributed by atoms with Gasteiger partial charge in [0.05, 0.1) is 18.1 Å². The summed E-state index contributed by atoms with van der Waals surface area (Å²) in [6.07, 6.45) is 0. The third-order valence-electron chi connectivity index (χ3n) is 2.97. The van der Waals surface area contributed by atoms with Gasteiger partial charge >= 0.3 is 0 Å². The van der Waals surface area contributed by atoms with Crippen molar-refractivity contribution < 1.29 is 4.74 Å². The Hall–Kier alpha value is -1.76. The number of benzene rings is 2. The number of ether oxygens (including phenoxy) is 1. The van der Waals surface area contributed by atoms with Gasteiger partial charge in [-0.15, -0.1) is 0 Å². The summed E-state index contributed by atoms with van der Waals surface area (Å²) in [5.41, 5.74) is 8.83. The lowest BCUT2D eigenvalue weighted by molar-refractivity contribution is 0.415. The van der Waals surface area contributed by atoms with Crippen molar-refractivity contribution in [2.24, 2.45) is 0 Å². The van der Waals surface area contributed by atoms with Gasteiger partial charge in [0.1, 0.15) is 5.75 Å². The molecule has 0 saturated carbocycles. The van der Waals surface area contributed by atoms with Crippen molar-refractivity contribution in [3.05, 3.63) is 46.0 Å². The molecule has 1 aromatic heterocycles. The van der Waals surface area contributed by atoms with E-state index < -0.39 is 0 Å². The molecule has 0 unspecified atom stereocenters. The van der Waals surface area contributed by atoms with Crippen LogP contribution in [0.25, 0.3) is 16.7 Å². The van der Waals surface area contributed by atoms with E-state index >= 15 is 0 Å². The summed E-state index contributed by atoms with van der Waals surface area (Å²) in [6.45, 7) is 0. The van der Waals surface area contributed by atoms with E-state index in [0.717, 1.165) is 22.5 Å². The molecule has 3 aromatic rings. The van der Waals surface area contributed by atoms with Crippen molar-refractivity contribution in [3.8, 4) is 11.4 Å². The van der Waals surface area contributed by atoms with E-state index in [4.69, 9.17) is 10.5 Å². The van der Waals surface area contributed by atoms with Crippen molar-refractivity contribution in [3.63, 3.8) is 0 Å². The number of hydrogen-bond acceptors (Lipinski definition) is 3. The van der Waals surface area contributed by atoms with Crippen LogP contribution >= 0.6 is 22.6 Å². The Bertz CT molecular complexity index is 734. The van der Waals surface area contributed by atoms with E-state index in [1.54, 1.807) is 7.11 Å². The van der Waals surface area contributed by atoms with Gasteiger partial charge in [-0.25, -0.2) is 4.98 Å². The highest BCUT2D eigenvalue weighted by atomic mass is 127. The minimum absolute atomic E-state index is 0.476. The fourth-order valence-electron chi connectivity index (χ4n) is 2.07. The lowest BCUT2D eigenvalue weighted by Gasteiger charge is -2.06. The van der Waals surface area contributed by atoms with E-state index in [-0.39, 0.29) is 0 Å². The van der Waals surface area contributed by atoms with Gasteiger partial charge < -0.3 is 10.5 Å². The van der Waals surface area contributed by atoms with Crippen LogP contribution in [-0.4, -0.2) is 16.7 Å². The van der Waals surface area contributed by atoms with Crippen molar-refractivity contribution in [2.75, 3.05) is 12.8 Å². The molecule has 2 N–H and O–H groups in total. The monoisotopic (exact) mass is 365 g/mol. The predicted octanol–water partition coefficient (Wildman–Crippen LogP) is 3.22.